The number of hydrogen-bond acceptors (Lipinski definition) is 4. The summed E-state index contributed by atoms with van der Waals surface area (Å²) in [4.78, 5) is 18.1. The third-order valence-corrected chi connectivity index (χ3v) is 7.60. The number of rotatable bonds is 6. The second-order valence-corrected chi connectivity index (χ2v) is 10.6. The highest BCUT2D eigenvalue weighted by Gasteiger charge is 2.32. The molecule has 2 aromatic carbocycles. The Hall–Kier alpha value is -3.02. The zero-order valence-electron chi connectivity index (χ0n) is 18.0. The van der Waals surface area contributed by atoms with Gasteiger partial charge in [-0.05, 0) is 90.3 Å². The number of aryl methyl sites for hydroxylation is 2. The predicted molar refractivity (Wildman–Crippen MR) is 135 cm³/mol. The first-order valence-corrected chi connectivity index (χ1v) is 12.4. The summed E-state index contributed by atoms with van der Waals surface area (Å²) in [6.07, 6.45) is 5.23. The van der Waals surface area contributed by atoms with Crippen molar-refractivity contribution in [3.63, 3.8) is 0 Å². The predicted octanol–water partition coefficient (Wildman–Crippen LogP) is 7.44. The number of aliphatic carboxylic acids is 1. The minimum atomic E-state index is -0.939. The standard InChI is InChI=1S/C27H23NO2S2/c1-16-13-22(17(2)32-16)27(20-8-9-20)26(21-10-11-24-23(14-21)28-15-31-24)19-6-3-18(4-7-19)5-12-25(29)30/h3-7,10-15,20H,8-9H2,1-2H3,(H,29,30). The fraction of sp³-hybridized carbons (Fsp3) is 0.185. The van der Waals surface area contributed by atoms with Crippen LogP contribution in [0.1, 0.15) is 44.8 Å². The van der Waals surface area contributed by atoms with Gasteiger partial charge in [0.25, 0.3) is 0 Å². The van der Waals surface area contributed by atoms with E-state index >= 15 is 0 Å². The Bertz CT molecular complexity index is 1370. The van der Waals surface area contributed by atoms with Gasteiger partial charge in [0.1, 0.15) is 0 Å². The molecule has 3 nitrogen and oxygen atoms in total. The molecule has 0 atom stereocenters. The molecule has 32 heavy (non-hydrogen) atoms. The first kappa shape index (κ1) is 20.9. The molecule has 1 aliphatic carbocycles. The van der Waals surface area contributed by atoms with Crippen LogP contribution < -0.4 is 0 Å². The van der Waals surface area contributed by atoms with Crippen molar-refractivity contribution < 1.29 is 9.90 Å². The normalized spacial score (nSPS) is 14.8. The summed E-state index contributed by atoms with van der Waals surface area (Å²) < 4.78 is 1.19. The number of aromatic nitrogens is 1. The lowest BCUT2D eigenvalue weighted by Gasteiger charge is -2.17. The number of fused-ring (bicyclic) bond motifs is 1. The van der Waals surface area contributed by atoms with E-state index in [1.807, 2.05) is 29.0 Å². The first-order valence-electron chi connectivity index (χ1n) is 10.7. The Labute approximate surface area is 195 Å². The lowest BCUT2D eigenvalue weighted by molar-refractivity contribution is -0.131. The average Bonchev–Trinajstić information content (AvgIpc) is 3.40. The summed E-state index contributed by atoms with van der Waals surface area (Å²) in [5.41, 5.74) is 10.2. The molecule has 2 heterocycles. The second kappa shape index (κ2) is 8.49. The quantitative estimate of drug-likeness (QED) is 0.306. The SMILES string of the molecule is Cc1cc(C(=C(c2ccc(C=CC(=O)O)cc2)c2ccc3scnc3c2)C2CC2)c(C)s1. The van der Waals surface area contributed by atoms with Crippen molar-refractivity contribution in [2.45, 2.75) is 26.7 Å². The van der Waals surface area contributed by atoms with Crippen LogP contribution in [0.25, 0.3) is 27.4 Å². The van der Waals surface area contributed by atoms with Gasteiger partial charge in [0, 0.05) is 15.8 Å². The third kappa shape index (κ3) is 4.18. The molecule has 0 radical (unpaired) electrons. The van der Waals surface area contributed by atoms with Gasteiger partial charge in [-0.15, -0.1) is 22.7 Å². The molecule has 0 aliphatic heterocycles. The molecule has 1 saturated carbocycles. The van der Waals surface area contributed by atoms with Gasteiger partial charge in [0.2, 0.25) is 0 Å². The zero-order valence-corrected chi connectivity index (χ0v) is 19.6. The number of carboxylic acids is 1. The Kier molecular flexibility index (Phi) is 5.53. The van der Waals surface area contributed by atoms with Gasteiger partial charge in [-0.3, -0.25) is 0 Å². The Morgan fingerprint density at radius 2 is 1.81 bits per heavy atom. The lowest BCUT2D eigenvalue weighted by Crippen LogP contribution is -1.98. The van der Waals surface area contributed by atoms with Crippen molar-refractivity contribution in [3.8, 4) is 0 Å². The Balaban J connectivity index is 1.72. The average molecular weight is 458 g/mol. The van der Waals surface area contributed by atoms with Gasteiger partial charge >= 0.3 is 5.97 Å². The summed E-state index contributed by atoms with van der Waals surface area (Å²) in [6.45, 7) is 4.40. The molecule has 5 heteroatoms. The molecule has 0 unspecified atom stereocenters. The van der Waals surface area contributed by atoms with Crippen LogP contribution in [-0.2, 0) is 4.79 Å². The number of thiophene rings is 1. The number of thiazole rings is 1. The molecule has 0 bridgehead atoms. The molecule has 0 saturated heterocycles. The number of hydrogen-bond donors (Lipinski definition) is 1. The second-order valence-electron chi connectivity index (χ2n) is 8.22. The molecule has 1 aliphatic rings. The van der Waals surface area contributed by atoms with Gasteiger partial charge in [-0.1, -0.05) is 30.3 Å². The maximum atomic E-state index is 10.9. The molecule has 160 valence electrons. The zero-order chi connectivity index (χ0) is 22.2. The molecule has 2 aromatic heterocycles. The van der Waals surface area contributed by atoms with Crippen LogP contribution in [0.2, 0.25) is 0 Å². The number of carbonyl (C=O) groups is 1. The van der Waals surface area contributed by atoms with E-state index in [9.17, 15) is 4.79 Å². The highest BCUT2D eigenvalue weighted by Crippen LogP contribution is 2.49. The molecule has 1 fully saturated rings. The maximum absolute atomic E-state index is 10.9. The van der Waals surface area contributed by atoms with Crippen LogP contribution in [0.5, 0.6) is 0 Å². The number of nitrogens with zero attached hydrogens (tertiary/aromatic N) is 1. The van der Waals surface area contributed by atoms with E-state index < -0.39 is 5.97 Å². The summed E-state index contributed by atoms with van der Waals surface area (Å²) in [7, 11) is 0. The Morgan fingerprint density at radius 3 is 2.47 bits per heavy atom. The van der Waals surface area contributed by atoms with Crippen LogP contribution in [0.4, 0.5) is 0 Å². The molecule has 0 amide bonds. The third-order valence-electron chi connectivity index (χ3n) is 5.82. The van der Waals surface area contributed by atoms with Gasteiger partial charge in [0.05, 0.1) is 15.7 Å². The van der Waals surface area contributed by atoms with E-state index in [0.29, 0.717) is 5.92 Å². The van der Waals surface area contributed by atoms with Crippen molar-refractivity contribution in [2.24, 2.45) is 5.92 Å². The van der Waals surface area contributed by atoms with Crippen molar-refractivity contribution >= 4 is 56.1 Å². The van der Waals surface area contributed by atoms with E-state index in [-0.39, 0.29) is 0 Å². The fourth-order valence-electron chi connectivity index (χ4n) is 4.25. The number of benzene rings is 2. The molecule has 4 aromatic rings. The maximum Gasteiger partial charge on any atom is 0.328 e. The molecular formula is C27H23NO2S2. The summed E-state index contributed by atoms with van der Waals surface area (Å²) in [5, 5.41) is 8.93. The number of allylic oxidation sites excluding steroid dienone is 1. The summed E-state index contributed by atoms with van der Waals surface area (Å²) in [6, 6.07) is 17.1. The van der Waals surface area contributed by atoms with E-state index in [4.69, 9.17) is 5.11 Å². The highest BCUT2D eigenvalue weighted by atomic mass is 32.1. The van der Waals surface area contributed by atoms with Crippen molar-refractivity contribution in [1.82, 2.24) is 4.98 Å². The van der Waals surface area contributed by atoms with Crippen LogP contribution in [0, 0.1) is 19.8 Å². The van der Waals surface area contributed by atoms with Crippen molar-refractivity contribution in [3.05, 3.63) is 92.1 Å². The molecule has 0 spiro atoms. The van der Waals surface area contributed by atoms with Gasteiger partial charge in [0.15, 0.2) is 0 Å². The molecule has 1 N–H and O–H groups in total. The monoisotopic (exact) mass is 457 g/mol. The van der Waals surface area contributed by atoms with Gasteiger partial charge in [-0.2, -0.15) is 0 Å². The summed E-state index contributed by atoms with van der Waals surface area (Å²) >= 11 is 3.52. The van der Waals surface area contributed by atoms with Crippen LogP contribution in [-0.4, -0.2) is 16.1 Å². The molecule has 5 rings (SSSR count). The van der Waals surface area contributed by atoms with E-state index in [1.54, 1.807) is 17.4 Å². The smallest absolute Gasteiger partial charge is 0.328 e. The van der Waals surface area contributed by atoms with Crippen molar-refractivity contribution in [1.29, 1.82) is 0 Å². The Morgan fingerprint density at radius 1 is 1.06 bits per heavy atom. The first-order chi connectivity index (χ1) is 15.5. The van der Waals surface area contributed by atoms with Gasteiger partial charge < -0.3 is 5.11 Å². The van der Waals surface area contributed by atoms with Gasteiger partial charge in [-0.25, -0.2) is 9.78 Å². The highest BCUT2D eigenvalue weighted by molar-refractivity contribution is 7.16. The van der Waals surface area contributed by atoms with Crippen LogP contribution in [0.3, 0.4) is 0 Å². The van der Waals surface area contributed by atoms with Crippen LogP contribution >= 0.6 is 22.7 Å². The fourth-order valence-corrected chi connectivity index (χ4v) is 5.85. The minimum absolute atomic E-state index is 0.565. The van der Waals surface area contributed by atoms with Crippen molar-refractivity contribution in [2.75, 3.05) is 0 Å². The largest absolute Gasteiger partial charge is 0.478 e. The summed E-state index contributed by atoms with van der Waals surface area (Å²) in [5.74, 6) is -0.374. The molecular weight excluding hydrogens is 434 g/mol. The van der Waals surface area contributed by atoms with E-state index in [1.165, 1.54) is 55.6 Å². The van der Waals surface area contributed by atoms with Crippen LogP contribution in [0.15, 0.2) is 60.1 Å². The van der Waals surface area contributed by atoms with E-state index in [0.717, 1.165) is 16.6 Å². The topological polar surface area (TPSA) is 50.2 Å². The number of carboxylic acid groups (broad SMARTS) is 1. The van der Waals surface area contributed by atoms with E-state index in [2.05, 4.69) is 55.2 Å². The minimum Gasteiger partial charge on any atom is -0.478 e. The lowest BCUT2D eigenvalue weighted by atomic mass is 9.86.